The highest BCUT2D eigenvalue weighted by Crippen LogP contribution is 2.27. The maximum atomic E-state index is 14.1. The number of sulfonamides is 1. The van der Waals surface area contributed by atoms with Gasteiger partial charge in [0.25, 0.3) is 10.0 Å². The fraction of sp³-hybridized carbons (Fsp3) is 0.375. The number of hydrogen-bond acceptors (Lipinski definition) is 4. The van der Waals surface area contributed by atoms with Crippen LogP contribution in [0.1, 0.15) is 55.0 Å². The van der Waals surface area contributed by atoms with E-state index in [9.17, 15) is 18.0 Å². The van der Waals surface area contributed by atoms with Gasteiger partial charge in [-0.3, -0.25) is 13.9 Å². The average molecular weight is 564 g/mol. The lowest BCUT2D eigenvalue weighted by Crippen LogP contribution is -2.53. The number of benzene rings is 3. The molecule has 2 amide bonds. The number of rotatable bonds is 11. The zero-order chi connectivity index (χ0) is 29.6. The number of nitrogens with zero attached hydrogens (tertiary/aromatic N) is 2. The van der Waals surface area contributed by atoms with Crippen molar-refractivity contribution in [3.05, 3.63) is 94.5 Å². The minimum atomic E-state index is -4.09. The molecule has 0 aliphatic rings. The molecule has 0 aliphatic carbocycles. The monoisotopic (exact) mass is 563 g/mol. The van der Waals surface area contributed by atoms with Crippen LogP contribution in [0.3, 0.4) is 0 Å². The van der Waals surface area contributed by atoms with Crippen LogP contribution in [0.25, 0.3) is 0 Å². The van der Waals surface area contributed by atoms with Gasteiger partial charge in [-0.1, -0.05) is 60.5 Å². The van der Waals surface area contributed by atoms with E-state index in [0.717, 1.165) is 32.1 Å². The van der Waals surface area contributed by atoms with Crippen LogP contribution in [0, 0.1) is 27.7 Å². The molecular weight excluding hydrogens is 522 g/mol. The van der Waals surface area contributed by atoms with Gasteiger partial charge in [0.15, 0.2) is 0 Å². The Morgan fingerprint density at radius 1 is 0.825 bits per heavy atom. The average Bonchev–Trinajstić information content (AvgIpc) is 2.89. The summed E-state index contributed by atoms with van der Waals surface area (Å²) < 4.78 is 29.1. The molecule has 40 heavy (non-hydrogen) atoms. The Hall–Kier alpha value is -3.65. The van der Waals surface area contributed by atoms with Crippen molar-refractivity contribution in [1.82, 2.24) is 10.2 Å². The Kier molecular flexibility index (Phi) is 10.1. The topological polar surface area (TPSA) is 86.8 Å². The summed E-state index contributed by atoms with van der Waals surface area (Å²) in [7, 11) is -4.09. The summed E-state index contributed by atoms with van der Waals surface area (Å²) in [6.07, 6.45) is 0.379. The van der Waals surface area contributed by atoms with E-state index in [2.05, 4.69) is 5.32 Å². The second kappa shape index (κ2) is 13.1. The van der Waals surface area contributed by atoms with E-state index < -0.39 is 28.5 Å². The van der Waals surface area contributed by atoms with Crippen LogP contribution in [0.5, 0.6) is 0 Å². The van der Waals surface area contributed by atoms with Crippen molar-refractivity contribution in [2.45, 2.75) is 78.4 Å². The van der Waals surface area contributed by atoms with Crippen molar-refractivity contribution >= 4 is 27.5 Å². The van der Waals surface area contributed by atoms with Crippen molar-refractivity contribution in [2.75, 3.05) is 10.8 Å². The number of amides is 2. The number of nitrogens with one attached hydrogen (secondary N) is 1. The first-order chi connectivity index (χ1) is 18.8. The van der Waals surface area contributed by atoms with Crippen LogP contribution in [0.2, 0.25) is 0 Å². The van der Waals surface area contributed by atoms with Gasteiger partial charge in [0.1, 0.15) is 12.6 Å². The Bertz CT molecular complexity index is 1430. The summed E-state index contributed by atoms with van der Waals surface area (Å²) >= 11 is 0. The highest BCUT2D eigenvalue weighted by atomic mass is 32.2. The fourth-order valence-electron chi connectivity index (χ4n) is 4.44. The van der Waals surface area contributed by atoms with Crippen LogP contribution in [-0.4, -0.2) is 43.8 Å². The van der Waals surface area contributed by atoms with Crippen LogP contribution in [-0.2, 0) is 26.2 Å². The lowest BCUT2D eigenvalue weighted by atomic mass is 10.1. The molecule has 0 aromatic heterocycles. The van der Waals surface area contributed by atoms with Crippen molar-refractivity contribution in [2.24, 2.45) is 0 Å². The lowest BCUT2D eigenvalue weighted by Gasteiger charge is -2.33. The third kappa shape index (κ3) is 7.50. The second-order valence-corrected chi connectivity index (χ2v) is 12.6. The standard InChI is InChI=1S/C32H41N3O4S/c1-8-30(32(37)33-22(2)3)34(20-27-14-9-23(4)10-15-27)31(36)21-35(28-16-13-25(6)26(7)19-28)40(38,39)29-17-11-24(5)12-18-29/h9-19,22,30H,8,20-21H2,1-7H3,(H,33,37). The van der Waals surface area contributed by atoms with Gasteiger partial charge in [-0.15, -0.1) is 0 Å². The van der Waals surface area contributed by atoms with Crippen LogP contribution >= 0.6 is 0 Å². The number of hydrogen-bond donors (Lipinski definition) is 1. The molecule has 1 unspecified atom stereocenters. The second-order valence-electron chi connectivity index (χ2n) is 10.7. The smallest absolute Gasteiger partial charge is 0.264 e. The summed E-state index contributed by atoms with van der Waals surface area (Å²) in [6, 6.07) is 18.8. The molecule has 214 valence electrons. The van der Waals surface area contributed by atoms with Crippen molar-refractivity contribution in [3.8, 4) is 0 Å². The summed E-state index contributed by atoms with van der Waals surface area (Å²) in [5.41, 5.74) is 5.18. The van der Waals surface area contributed by atoms with E-state index in [-0.39, 0.29) is 23.4 Å². The predicted octanol–water partition coefficient (Wildman–Crippen LogP) is 5.45. The predicted molar refractivity (Wildman–Crippen MR) is 161 cm³/mol. The molecule has 3 aromatic carbocycles. The van der Waals surface area contributed by atoms with E-state index >= 15 is 0 Å². The summed E-state index contributed by atoms with van der Waals surface area (Å²) in [5, 5.41) is 2.92. The van der Waals surface area contributed by atoms with E-state index in [4.69, 9.17) is 0 Å². The normalized spacial score (nSPS) is 12.2. The fourth-order valence-corrected chi connectivity index (χ4v) is 5.84. The molecule has 8 heteroatoms. The molecule has 0 radical (unpaired) electrons. The maximum absolute atomic E-state index is 14.1. The molecule has 0 fully saturated rings. The summed E-state index contributed by atoms with van der Waals surface area (Å²) in [4.78, 5) is 28.9. The Labute approximate surface area is 239 Å². The number of anilines is 1. The highest BCUT2D eigenvalue weighted by molar-refractivity contribution is 7.92. The zero-order valence-corrected chi connectivity index (χ0v) is 25.4. The highest BCUT2D eigenvalue weighted by Gasteiger charge is 2.34. The molecular formula is C32H41N3O4S. The van der Waals surface area contributed by atoms with E-state index in [1.54, 1.807) is 36.4 Å². The SMILES string of the molecule is CCC(C(=O)NC(C)C)N(Cc1ccc(C)cc1)C(=O)CN(c1ccc(C)c(C)c1)S(=O)(=O)c1ccc(C)cc1. The van der Waals surface area contributed by atoms with Crippen molar-refractivity contribution in [3.63, 3.8) is 0 Å². The van der Waals surface area contributed by atoms with Gasteiger partial charge >= 0.3 is 0 Å². The minimum Gasteiger partial charge on any atom is -0.352 e. The van der Waals surface area contributed by atoms with Gasteiger partial charge in [-0.2, -0.15) is 0 Å². The molecule has 0 bridgehead atoms. The Balaban J connectivity index is 2.08. The lowest BCUT2D eigenvalue weighted by molar-refractivity contribution is -0.140. The zero-order valence-electron chi connectivity index (χ0n) is 24.6. The van der Waals surface area contributed by atoms with Crippen molar-refractivity contribution < 1.29 is 18.0 Å². The molecule has 7 nitrogen and oxygen atoms in total. The first kappa shape index (κ1) is 30.9. The van der Waals surface area contributed by atoms with Gasteiger partial charge in [0.05, 0.1) is 10.6 Å². The molecule has 3 rings (SSSR count). The maximum Gasteiger partial charge on any atom is 0.264 e. The molecule has 0 saturated heterocycles. The minimum absolute atomic E-state index is 0.0961. The molecule has 0 saturated carbocycles. The first-order valence-corrected chi connectivity index (χ1v) is 15.1. The van der Waals surface area contributed by atoms with Gasteiger partial charge < -0.3 is 10.2 Å². The van der Waals surface area contributed by atoms with Crippen LogP contribution in [0.4, 0.5) is 5.69 Å². The molecule has 3 aromatic rings. The van der Waals surface area contributed by atoms with Crippen LogP contribution in [0.15, 0.2) is 71.6 Å². The number of aryl methyl sites for hydroxylation is 4. The third-order valence-electron chi connectivity index (χ3n) is 6.96. The summed E-state index contributed by atoms with van der Waals surface area (Å²) in [5.74, 6) is -0.725. The Morgan fingerprint density at radius 2 is 1.40 bits per heavy atom. The van der Waals surface area contributed by atoms with E-state index in [1.165, 1.54) is 4.90 Å². The molecule has 1 N–H and O–H groups in total. The number of carbonyl (C=O) groups is 2. The van der Waals surface area contributed by atoms with E-state index in [1.807, 2.05) is 78.8 Å². The van der Waals surface area contributed by atoms with E-state index in [0.29, 0.717) is 12.1 Å². The largest absolute Gasteiger partial charge is 0.352 e. The molecule has 0 heterocycles. The van der Waals surface area contributed by atoms with Gasteiger partial charge in [0, 0.05) is 12.6 Å². The molecule has 1 atom stereocenters. The van der Waals surface area contributed by atoms with Crippen LogP contribution < -0.4 is 9.62 Å². The third-order valence-corrected chi connectivity index (χ3v) is 8.74. The molecule has 0 aliphatic heterocycles. The van der Waals surface area contributed by atoms with Gasteiger partial charge in [0.2, 0.25) is 11.8 Å². The van der Waals surface area contributed by atoms with Gasteiger partial charge in [-0.05, 0) is 88.9 Å². The molecule has 0 spiro atoms. The first-order valence-electron chi connectivity index (χ1n) is 13.7. The van der Waals surface area contributed by atoms with Gasteiger partial charge in [-0.25, -0.2) is 8.42 Å². The van der Waals surface area contributed by atoms with Crippen molar-refractivity contribution in [1.29, 1.82) is 0 Å². The quantitative estimate of drug-likeness (QED) is 0.336. The Morgan fingerprint density at radius 3 is 1.93 bits per heavy atom. The number of carbonyl (C=O) groups excluding carboxylic acids is 2. The summed E-state index contributed by atoms with van der Waals surface area (Å²) in [6.45, 7) is 13.0.